The minimum atomic E-state index is -5.03. The Labute approximate surface area is 312 Å². The molecule has 4 fully saturated rings. The molecule has 5 atom stereocenters. The molecule has 4 heterocycles. The lowest BCUT2D eigenvalue weighted by Gasteiger charge is -2.46. The molecule has 0 saturated carbocycles. The number of amides is 3. The van der Waals surface area contributed by atoms with Crippen LogP contribution in [0.5, 0.6) is 0 Å². The van der Waals surface area contributed by atoms with Crippen molar-refractivity contribution in [3.63, 3.8) is 0 Å². The molecule has 3 N–H and O–H groups in total. The van der Waals surface area contributed by atoms with Crippen LogP contribution in [0.25, 0.3) is 0 Å². The summed E-state index contributed by atoms with van der Waals surface area (Å²) in [5.41, 5.74) is 3.66. The molecule has 4 aliphatic heterocycles. The van der Waals surface area contributed by atoms with Crippen LogP contribution in [0, 0.1) is 5.92 Å². The molecule has 3 amide bonds. The number of halogens is 3. The van der Waals surface area contributed by atoms with E-state index in [1.54, 1.807) is 0 Å². The Morgan fingerprint density at radius 3 is 2.26 bits per heavy atom. The molecule has 0 aromatic heterocycles. The Kier molecular flexibility index (Phi) is 11.0. The molecule has 14 heteroatoms. The molecule has 3 aromatic carbocycles. The number of ether oxygens (including phenoxy) is 2. The summed E-state index contributed by atoms with van der Waals surface area (Å²) in [4.78, 5) is 43.1. The molecule has 0 unspecified atom stereocenters. The third kappa shape index (κ3) is 7.70. The average Bonchev–Trinajstić information content (AvgIpc) is 3.80. The third-order valence-electron chi connectivity index (χ3n) is 11.4. The first kappa shape index (κ1) is 37.8. The number of anilines is 1. The molecule has 54 heavy (non-hydrogen) atoms. The van der Waals surface area contributed by atoms with E-state index in [-0.39, 0.29) is 50.2 Å². The summed E-state index contributed by atoms with van der Waals surface area (Å²) in [5.74, 6) is -2.59. The first-order valence-corrected chi connectivity index (χ1v) is 18.5. The molecule has 3 aromatic rings. The van der Waals surface area contributed by atoms with E-state index in [4.69, 9.17) is 9.47 Å². The molecule has 11 nitrogen and oxygen atoms in total. The quantitative estimate of drug-likeness (QED) is 0.291. The Balaban J connectivity index is 1.03. The van der Waals surface area contributed by atoms with Crippen LogP contribution >= 0.6 is 0 Å². The number of alkyl halides is 3. The molecular weight excluding hydrogens is 703 g/mol. The Hall–Kier alpha value is -4.50. The number of piperidine rings is 1. The average molecular weight is 750 g/mol. The van der Waals surface area contributed by atoms with Gasteiger partial charge in [0.05, 0.1) is 25.5 Å². The molecule has 4 saturated heterocycles. The van der Waals surface area contributed by atoms with Gasteiger partial charge in [0, 0.05) is 49.9 Å². The molecule has 0 radical (unpaired) electrons. The summed E-state index contributed by atoms with van der Waals surface area (Å²) in [6.07, 6.45) is -4.45. The van der Waals surface area contributed by atoms with Crippen molar-refractivity contribution in [2.75, 3.05) is 37.7 Å². The number of carbonyl (C=O) groups excluding carboxylic acids is 3. The molecule has 4 aliphatic rings. The molecule has 7 rings (SSSR count). The van der Waals surface area contributed by atoms with Gasteiger partial charge in [0.15, 0.2) is 6.29 Å². The van der Waals surface area contributed by atoms with Gasteiger partial charge in [0.25, 0.3) is 0 Å². The van der Waals surface area contributed by atoms with Crippen molar-refractivity contribution in [1.29, 1.82) is 0 Å². The zero-order chi connectivity index (χ0) is 38.0. The Morgan fingerprint density at radius 2 is 1.59 bits per heavy atom. The van der Waals surface area contributed by atoms with Crippen LogP contribution in [-0.2, 0) is 37.0 Å². The van der Waals surface area contributed by atoms with Gasteiger partial charge in [0.2, 0.25) is 11.8 Å². The maximum atomic E-state index is 13.3. The topological polar surface area (TPSA) is 124 Å². The second kappa shape index (κ2) is 15.7. The van der Waals surface area contributed by atoms with Crippen LogP contribution in [0.4, 0.5) is 18.9 Å². The highest BCUT2D eigenvalue weighted by Gasteiger charge is 2.51. The third-order valence-corrected chi connectivity index (χ3v) is 11.4. The summed E-state index contributed by atoms with van der Waals surface area (Å²) < 4.78 is 52.5. The van der Waals surface area contributed by atoms with Gasteiger partial charge in [-0.05, 0) is 54.5 Å². The molecular formula is C40H46F3N5O6. The lowest BCUT2D eigenvalue weighted by Crippen LogP contribution is -2.57. The fourth-order valence-electron chi connectivity index (χ4n) is 8.27. The molecule has 1 spiro atoms. The number of nitrogens with zero attached hydrogens (tertiary/aromatic N) is 3. The van der Waals surface area contributed by atoms with Gasteiger partial charge in [-0.1, -0.05) is 73.7 Å². The number of likely N-dealkylation sites (tertiary alicyclic amines) is 2. The maximum Gasteiger partial charge on any atom is 0.471 e. The van der Waals surface area contributed by atoms with Crippen molar-refractivity contribution in [3.05, 3.63) is 101 Å². The SMILES string of the molecule is C[C@@H]1[C@H](CN2CCC3(CC2)C(=O)NCN3c2ccccc2)O[C@H](c2ccc(CNC(=O)[C@@H]3CCCN3C(=O)C(F)(F)F)cc2)O[C@@H]1c1ccc(CO)cc1. The molecule has 0 aliphatic carbocycles. The van der Waals surface area contributed by atoms with E-state index in [0.29, 0.717) is 50.5 Å². The number of hydrogen-bond donors (Lipinski definition) is 3. The Bertz CT molecular complexity index is 1790. The van der Waals surface area contributed by atoms with Gasteiger partial charge >= 0.3 is 12.1 Å². The first-order valence-electron chi connectivity index (χ1n) is 18.5. The van der Waals surface area contributed by atoms with Crippen molar-refractivity contribution in [1.82, 2.24) is 20.4 Å². The summed E-state index contributed by atoms with van der Waals surface area (Å²) in [7, 11) is 0. The fraction of sp³-hybridized carbons (Fsp3) is 0.475. The monoisotopic (exact) mass is 749 g/mol. The van der Waals surface area contributed by atoms with Gasteiger partial charge in [0.1, 0.15) is 11.6 Å². The van der Waals surface area contributed by atoms with Crippen LogP contribution in [0.1, 0.15) is 67.3 Å². The highest BCUT2D eigenvalue weighted by atomic mass is 19.4. The summed E-state index contributed by atoms with van der Waals surface area (Å²) in [5, 5.41) is 15.4. The van der Waals surface area contributed by atoms with Crippen molar-refractivity contribution in [2.45, 2.75) is 82.0 Å². The lowest BCUT2D eigenvalue weighted by atomic mass is 9.84. The standard InChI is InChI=1S/C40H46F3N5O6/c1-26-33(23-46-20-17-39(18-21-46)37(51)45-25-48(39)31-6-3-2-4-7-31)53-36(54-34(26)29-13-11-28(24-49)12-14-29)30-15-9-27(10-16-30)22-44-35(50)32-8-5-19-47(32)38(52)40(41,42)43/h2-4,6-7,9-16,26,32-34,36,49H,5,8,17-25H2,1H3,(H,44,50)(H,45,51)/t26-,32+,33+,34+,36+/m1/s1. The van der Waals surface area contributed by atoms with Gasteiger partial charge in [-0.25, -0.2) is 0 Å². The largest absolute Gasteiger partial charge is 0.471 e. The van der Waals surface area contributed by atoms with Crippen LogP contribution < -0.4 is 15.5 Å². The number of aliphatic hydroxyl groups is 1. The van der Waals surface area contributed by atoms with Crippen LogP contribution in [-0.4, -0.2) is 89.3 Å². The van der Waals surface area contributed by atoms with E-state index < -0.39 is 35.9 Å². The normalized spacial score (nSPS) is 25.9. The number of benzene rings is 3. The molecule has 288 valence electrons. The smallest absolute Gasteiger partial charge is 0.392 e. The summed E-state index contributed by atoms with van der Waals surface area (Å²) in [6.45, 7) is 4.56. The highest BCUT2D eigenvalue weighted by Crippen LogP contribution is 2.43. The van der Waals surface area contributed by atoms with Crippen LogP contribution in [0.15, 0.2) is 78.9 Å². The van der Waals surface area contributed by atoms with Gasteiger partial charge in [-0.15, -0.1) is 0 Å². The summed E-state index contributed by atoms with van der Waals surface area (Å²) >= 11 is 0. The van der Waals surface area contributed by atoms with Gasteiger partial charge in [-0.2, -0.15) is 13.2 Å². The molecule has 0 bridgehead atoms. The van der Waals surface area contributed by atoms with Crippen LogP contribution in [0.2, 0.25) is 0 Å². The van der Waals surface area contributed by atoms with E-state index in [1.807, 2.05) is 78.9 Å². The van der Waals surface area contributed by atoms with Gasteiger partial charge in [-0.3, -0.25) is 14.4 Å². The van der Waals surface area contributed by atoms with E-state index in [2.05, 4.69) is 27.4 Å². The zero-order valence-electron chi connectivity index (χ0n) is 30.1. The van der Waals surface area contributed by atoms with Crippen molar-refractivity contribution < 1.29 is 42.1 Å². The second-order valence-electron chi connectivity index (χ2n) is 14.7. The number of aliphatic hydroxyl groups excluding tert-OH is 1. The van der Waals surface area contributed by atoms with E-state index >= 15 is 0 Å². The zero-order valence-corrected chi connectivity index (χ0v) is 30.1. The minimum Gasteiger partial charge on any atom is -0.392 e. The summed E-state index contributed by atoms with van der Waals surface area (Å²) in [6, 6.07) is 23.9. The second-order valence-corrected chi connectivity index (χ2v) is 14.7. The number of rotatable bonds is 9. The number of hydrogen-bond acceptors (Lipinski definition) is 8. The van der Waals surface area contributed by atoms with E-state index in [1.165, 1.54) is 0 Å². The van der Waals surface area contributed by atoms with Crippen molar-refractivity contribution >= 4 is 23.4 Å². The number of nitrogens with one attached hydrogen (secondary N) is 2. The number of carbonyl (C=O) groups is 3. The number of para-hydroxylation sites is 1. The van der Waals surface area contributed by atoms with E-state index in [9.17, 15) is 32.7 Å². The Morgan fingerprint density at radius 1 is 0.926 bits per heavy atom. The van der Waals surface area contributed by atoms with E-state index in [0.717, 1.165) is 27.9 Å². The maximum absolute atomic E-state index is 13.3. The lowest BCUT2D eigenvalue weighted by molar-refractivity contribution is -0.276. The van der Waals surface area contributed by atoms with Crippen molar-refractivity contribution in [2.24, 2.45) is 5.92 Å². The van der Waals surface area contributed by atoms with Gasteiger partial charge < -0.3 is 39.9 Å². The fourth-order valence-corrected chi connectivity index (χ4v) is 8.27. The van der Waals surface area contributed by atoms with Crippen molar-refractivity contribution in [3.8, 4) is 0 Å². The minimum absolute atomic E-state index is 0.0402. The first-order chi connectivity index (χ1) is 26.0. The highest BCUT2D eigenvalue weighted by molar-refractivity contribution is 5.93. The predicted octanol–water partition coefficient (Wildman–Crippen LogP) is 4.57. The van der Waals surface area contributed by atoms with Crippen LogP contribution in [0.3, 0.4) is 0 Å². The predicted molar refractivity (Wildman–Crippen MR) is 192 cm³/mol.